The van der Waals surface area contributed by atoms with Gasteiger partial charge < -0.3 is 9.84 Å². The van der Waals surface area contributed by atoms with Crippen LogP contribution in [0, 0.1) is 17.3 Å². The van der Waals surface area contributed by atoms with Crippen molar-refractivity contribution in [2.75, 3.05) is 0 Å². The number of carbonyl (C=O) groups is 2. The number of aliphatic carboxylic acids is 1. The second-order valence-corrected chi connectivity index (χ2v) is 6.06. The van der Waals surface area contributed by atoms with Gasteiger partial charge in [-0.05, 0) is 32.1 Å². The monoisotopic (exact) mass is 240 g/mol. The second-order valence-electron chi connectivity index (χ2n) is 6.06. The molecule has 0 aromatic heterocycles. The fraction of sp³-hybridized carbons (Fsp3) is 0.692. The average Bonchev–Trinajstić information content (AvgIpc) is 2.61. The third kappa shape index (κ3) is 3.32. The lowest BCUT2D eigenvalue weighted by Gasteiger charge is -2.17. The molecular formula is C13H20O4. The zero-order valence-corrected chi connectivity index (χ0v) is 11.0. The van der Waals surface area contributed by atoms with Crippen LogP contribution in [0.5, 0.6) is 0 Å². The number of carboxylic acids is 1. The minimum atomic E-state index is -0.811. The molecule has 0 unspecified atom stereocenters. The summed E-state index contributed by atoms with van der Waals surface area (Å²) >= 11 is 0. The Morgan fingerprint density at radius 1 is 1.29 bits per heavy atom. The molecule has 0 radical (unpaired) electrons. The lowest BCUT2D eigenvalue weighted by atomic mass is 10.1. The first-order valence-corrected chi connectivity index (χ1v) is 5.69. The Morgan fingerprint density at radius 3 is 2.18 bits per heavy atom. The Balaban J connectivity index is 2.57. The van der Waals surface area contributed by atoms with Crippen molar-refractivity contribution in [3.05, 3.63) is 12.2 Å². The highest BCUT2D eigenvalue weighted by molar-refractivity contribution is 5.83. The van der Waals surface area contributed by atoms with Gasteiger partial charge in [-0.1, -0.05) is 19.9 Å². The maximum absolute atomic E-state index is 11.4. The summed E-state index contributed by atoms with van der Waals surface area (Å²) in [7, 11) is 0. The molecule has 1 aliphatic carbocycles. The molecule has 1 rings (SSSR count). The van der Waals surface area contributed by atoms with Crippen molar-refractivity contribution in [1.82, 2.24) is 0 Å². The first kappa shape index (κ1) is 13.7. The quantitative estimate of drug-likeness (QED) is 0.607. The predicted octanol–water partition coefficient (Wildman–Crippen LogP) is 2.24. The maximum atomic E-state index is 11.4. The van der Waals surface area contributed by atoms with E-state index < -0.39 is 23.5 Å². The van der Waals surface area contributed by atoms with Crippen molar-refractivity contribution in [1.29, 1.82) is 0 Å². The predicted molar refractivity (Wildman–Crippen MR) is 63.4 cm³/mol. The number of esters is 1. The van der Waals surface area contributed by atoms with Crippen LogP contribution in [0.1, 0.15) is 34.6 Å². The summed E-state index contributed by atoms with van der Waals surface area (Å²) in [6.45, 7) is 9.14. The third-order valence-corrected chi connectivity index (χ3v) is 3.02. The van der Waals surface area contributed by atoms with Gasteiger partial charge in [0.25, 0.3) is 0 Å². The summed E-state index contributed by atoms with van der Waals surface area (Å²) in [5.74, 6) is -1.73. The summed E-state index contributed by atoms with van der Waals surface area (Å²) in [6.07, 6.45) is 2.98. The highest BCUT2D eigenvalue weighted by Crippen LogP contribution is 2.59. The molecule has 0 aromatic carbocycles. The van der Waals surface area contributed by atoms with E-state index in [9.17, 15) is 9.59 Å². The molecule has 0 amide bonds. The van der Waals surface area contributed by atoms with Crippen molar-refractivity contribution in [2.24, 2.45) is 17.3 Å². The number of hydrogen-bond acceptors (Lipinski definition) is 3. The van der Waals surface area contributed by atoms with E-state index in [0.717, 1.165) is 0 Å². The van der Waals surface area contributed by atoms with Crippen LogP contribution in [0.15, 0.2) is 12.2 Å². The van der Waals surface area contributed by atoms with Crippen LogP contribution in [0.2, 0.25) is 0 Å². The average molecular weight is 240 g/mol. The molecule has 0 saturated heterocycles. The second kappa shape index (κ2) is 4.17. The minimum Gasteiger partial charge on any atom is -0.481 e. The van der Waals surface area contributed by atoms with Crippen molar-refractivity contribution >= 4 is 11.9 Å². The minimum absolute atomic E-state index is 0.0903. The van der Waals surface area contributed by atoms with Gasteiger partial charge in [-0.3, -0.25) is 4.79 Å². The van der Waals surface area contributed by atoms with Gasteiger partial charge in [0.2, 0.25) is 0 Å². The van der Waals surface area contributed by atoms with E-state index in [2.05, 4.69) is 0 Å². The maximum Gasteiger partial charge on any atom is 0.330 e. The van der Waals surface area contributed by atoms with E-state index in [0.29, 0.717) is 0 Å². The molecule has 96 valence electrons. The van der Waals surface area contributed by atoms with Crippen LogP contribution in [-0.4, -0.2) is 22.6 Å². The first-order chi connectivity index (χ1) is 7.55. The van der Waals surface area contributed by atoms with Gasteiger partial charge in [0.15, 0.2) is 0 Å². The number of ether oxygens (including phenoxy) is 1. The van der Waals surface area contributed by atoms with Crippen LogP contribution in [0.4, 0.5) is 0 Å². The van der Waals surface area contributed by atoms with Gasteiger partial charge in [-0.2, -0.15) is 0 Å². The summed E-state index contributed by atoms with van der Waals surface area (Å²) in [4.78, 5) is 22.3. The van der Waals surface area contributed by atoms with Gasteiger partial charge in [-0.15, -0.1) is 0 Å². The van der Waals surface area contributed by atoms with Crippen LogP contribution < -0.4 is 0 Å². The van der Waals surface area contributed by atoms with E-state index in [4.69, 9.17) is 9.84 Å². The van der Waals surface area contributed by atoms with Crippen LogP contribution in [0.3, 0.4) is 0 Å². The molecule has 1 fully saturated rings. The molecule has 0 heterocycles. The van der Waals surface area contributed by atoms with E-state index in [1.807, 2.05) is 13.8 Å². The third-order valence-electron chi connectivity index (χ3n) is 3.02. The SMILES string of the molecule is CC(C)(C)OC(=O)/C=C\[C@H]1[C@@H](C(=O)O)C1(C)C. The highest BCUT2D eigenvalue weighted by Gasteiger charge is 2.60. The summed E-state index contributed by atoms with van der Waals surface area (Å²) < 4.78 is 5.11. The number of carboxylic acid groups (broad SMARTS) is 1. The molecule has 0 aromatic rings. The number of allylic oxidation sites excluding steroid dienone is 1. The van der Waals surface area contributed by atoms with Crippen molar-refractivity contribution in [3.63, 3.8) is 0 Å². The lowest BCUT2D eigenvalue weighted by molar-refractivity contribution is -0.148. The van der Waals surface area contributed by atoms with E-state index in [1.54, 1.807) is 26.8 Å². The highest BCUT2D eigenvalue weighted by atomic mass is 16.6. The zero-order valence-electron chi connectivity index (χ0n) is 11.0. The van der Waals surface area contributed by atoms with E-state index in [-0.39, 0.29) is 11.3 Å². The van der Waals surface area contributed by atoms with Crippen molar-refractivity contribution < 1.29 is 19.4 Å². The van der Waals surface area contributed by atoms with E-state index in [1.165, 1.54) is 6.08 Å². The molecule has 0 spiro atoms. The van der Waals surface area contributed by atoms with Crippen LogP contribution in [-0.2, 0) is 14.3 Å². The Hall–Kier alpha value is -1.32. The van der Waals surface area contributed by atoms with Gasteiger partial charge in [0.1, 0.15) is 5.60 Å². The van der Waals surface area contributed by atoms with Crippen molar-refractivity contribution in [2.45, 2.75) is 40.2 Å². The van der Waals surface area contributed by atoms with Crippen LogP contribution >= 0.6 is 0 Å². The normalized spacial score (nSPS) is 26.9. The largest absolute Gasteiger partial charge is 0.481 e. The molecule has 1 N–H and O–H groups in total. The lowest BCUT2D eigenvalue weighted by Crippen LogP contribution is -2.22. The Labute approximate surface area is 102 Å². The standard InChI is InChI=1S/C13H20O4/c1-12(2,3)17-9(14)7-6-8-10(11(15)16)13(8,4)5/h6-8,10H,1-5H3,(H,15,16)/b7-6-/t8-,10-/m0/s1. The number of carbonyl (C=O) groups excluding carboxylic acids is 1. The van der Waals surface area contributed by atoms with Gasteiger partial charge in [-0.25, -0.2) is 4.79 Å². The molecule has 0 bridgehead atoms. The molecule has 4 nitrogen and oxygen atoms in total. The molecule has 4 heteroatoms. The van der Waals surface area contributed by atoms with Gasteiger partial charge >= 0.3 is 11.9 Å². The molecular weight excluding hydrogens is 220 g/mol. The van der Waals surface area contributed by atoms with Crippen molar-refractivity contribution in [3.8, 4) is 0 Å². The summed E-state index contributed by atoms with van der Waals surface area (Å²) in [5, 5.41) is 8.96. The summed E-state index contributed by atoms with van der Waals surface area (Å²) in [6, 6.07) is 0. The molecule has 0 aliphatic heterocycles. The Kier molecular flexibility index (Phi) is 3.37. The smallest absolute Gasteiger partial charge is 0.330 e. The molecule has 1 saturated carbocycles. The number of rotatable bonds is 3. The first-order valence-electron chi connectivity index (χ1n) is 5.69. The topological polar surface area (TPSA) is 63.6 Å². The fourth-order valence-electron chi connectivity index (χ4n) is 2.03. The van der Waals surface area contributed by atoms with Gasteiger partial charge in [0.05, 0.1) is 5.92 Å². The zero-order chi connectivity index (χ0) is 13.4. The van der Waals surface area contributed by atoms with E-state index >= 15 is 0 Å². The number of hydrogen-bond donors (Lipinski definition) is 1. The Bertz CT molecular complexity index is 360. The van der Waals surface area contributed by atoms with Crippen LogP contribution in [0.25, 0.3) is 0 Å². The molecule has 2 atom stereocenters. The molecule has 17 heavy (non-hydrogen) atoms. The Morgan fingerprint density at radius 2 is 1.82 bits per heavy atom. The summed E-state index contributed by atoms with van der Waals surface area (Å²) in [5.41, 5.74) is -0.795. The van der Waals surface area contributed by atoms with Gasteiger partial charge in [0, 0.05) is 6.08 Å². The fourth-order valence-corrected chi connectivity index (χ4v) is 2.03. The molecule has 1 aliphatic rings.